The fourth-order valence-electron chi connectivity index (χ4n) is 8.50. The van der Waals surface area contributed by atoms with Gasteiger partial charge in [-0.3, -0.25) is 9.59 Å². The first-order valence-electron chi connectivity index (χ1n) is 21.5. The number of amides is 4. The SMILES string of the molecule is CCN(C(=O)[C@@H](NC(=O)OC)C(C)C)[C@H](c1ncc(-c2ccc(-c3ccc4cc(-c5cnc([C@@H]6CCCN6C(=O)[C@H](NC(=O)OC)c6ccccc6)[nH]5)ccc4c3)cc2)[nH]1)C(C)C. The molecule has 1 saturated heterocycles. The second-order valence-electron chi connectivity index (χ2n) is 16.6. The summed E-state index contributed by atoms with van der Waals surface area (Å²) in [4.78, 5) is 72.2. The summed E-state index contributed by atoms with van der Waals surface area (Å²) in [5.41, 5.74) is 6.45. The smallest absolute Gasteiger partial charge is 0.407 e. The zero-order chi connectivity index (χ0) is 44.8. The molecule has 1 aliphatic heterocycles. The molecule has 4 aromatic carbocycles. The number of ether oxygens (including phenoxy) is 2. The third-order valence-electron chi connectivity index (χ3n) is 11.8. The maximum absolute atomic E-state index is 14.0. The number of carbonyl (C=O) groups excluding carboxylic acids is 4. The lowest BCUT2D eigenvalue weighted by atomic mass is 9.97. The van der Waals surface area contributed by atoms with E-state index in [1.165, 1.54) is 14.2 Å². The maximum atomic E-state index is 14.0. The van der Waals surface area contributed by atoms with Crippen molar-refractivity contribution in [3.8, 4) is 33.6 Å². The average molecular weight is 853 g/mol. The van der Waals surface area contributed by atoms with Gasteiger partial charge >= 0.3 is 12.2 Å². The number of rotatable bonds is 14. The largest absolute Gasteiger partial charge is 0.453 e. The van der Waals surface area contributed by atoms with E-state index in [2.05, 4.69) is 95.1 Å². The minimum atomic E-state index is -0.884. The Hall–Kier alpha value is -6.96. The van der Waals surface area contributed by atoms with E-state index in [0.29, 0.717) is 30.3 Å². The van der Waals surface area contributed by atoms with Gasteiger partial charge in [0.1, 0.15) is 23.7 Å². The summed E-state index contributed by atoms with van der Waals surface area (Å²) in [7, 11) is 2.57. The number of nitrogens with zero attached hydrogens (tertiary/aromatic N) is 4. The van der Waals surface area contributed by atoms with Crippen molar-refractivity contribution in [1.82, 2.24) is 40.4 Å². The van der Waals surface area contributed by atoms with Gasteiger partial charge in [0.2, 0.25) is 5.91 Å². The first-order chi connectivity index (χ1) is 30.4. The van der Waals surface area contributed by atoms with Crippen LogP contribution in [0.4, 0.5) is 9.59 Å². The molecule has 14 nitrogen and oxygen atoms in total. The van der Waals surface area contributed by atoms with E-state index in [9.17, 15) is 19.2 Å². The van der Waals surface area contributed by atoms with E-state index in [1.54, 1.807) is 16.0 Å². The molecule has 0 saturated carbocycles. The van der Waals surface area contributed by atoms with Gasteiger partial charge in [-0.1, -0.05) is 107 Å². The first kappa shape index (κ1) is 44.1. The number of hydrogen-bond donors (Lipinski definition) is 4. The van der Waals surface area contributed by atoms with Crippen LogP contribution in [0.1, 0.15) is 82.8 Å². The van der Waals surface area contributed by atoms with E-state index in [1.807, 2.05) is 57.3 Å². The highest BCUT2D eigenvalue weighted by molar-refractivity contribution is 5.91. The lowest BCUT2D eigenvalue weighted by molar-refractivity contribution is -0.138. The van der Waals surface area contributed by atoms with E-state index in [0.717, 1.165) is 57.3 Å². The van der Waals surface area contributed by atoms with Crippen LogP contribution in [0.3, 0.4) is 0 Å². The van der Waals surface area contributed by atoms with Crippen molar-refractivity contribution in [2.75, 3.05) is 27.3 Å². The molecule has 63 heavy (non-hydrogen) atoms. The average Bonchev–Trinajstić information content (AvgIpc) is 4.11. The Morgan fingerprint density at radius 1 is 0.746 bits per heavy atom. The number of aromatic nitrogens is 4. The highest BCUT2D eigenvalue weighted by Crippen LogP contribution is 2.36. The highest BCUT2D eigenvalue weighted by Gasteiger charge is 2.38. The topological polar surface area (TPSA) is 175 Å². The summed E-state index contributed by atoms with van der Waals surface area (Å²) < 4.78 is 9.64. The highest BCUT2D eigenvalue weighted by atomic mass is 16.5. The molecule has 4 amide bonds. The molecule has 7 rings (SSSR count). The number of likely N-dealkylation sites (N-methyl/N-ethyl adjacent to an activating group) is 1. The number of likely N-dealkylation sites (tertiary alicyclic amines) is 1. The molecule has 2 aromatic heterocycles. The van der Waals surface area contributed by atoms with Crippen LogP contribution in [-0.2, 0) is 19.1 Å². The van der Waals surface area contributed by atoms with Crippen LogP contribution >= 0.6 is 0 Å². The van der Waals surface area contributed by atoms with Crippen LogP contribution in [0, 0.1) is 11.8 Å². The summed E-state index contributed by atoms with van der Waals surface area (Å²) in [6, 6.07) is 28.0. The molecule has 0 aliphatic carbocycles. The van der Waals surface area contributed by atoms with Crippen LogP contribution in [0.25, 0.3) is 44.4 Å². The van der Waals surface area contributed by atoms with Crippen molar-refractivity contribution in [3.05, 3.63) is 121 Å². The molecular formula is C49H56N8O6. The number of H-pyrrole nitrogens is 2. The Morgan fingerprint density at radius 2 is 1.35 bits per heavy atom. The molecule has 0 spiro atoms. The summed E-state index contributed by atoms with van der Waals surface area (Å²) in [5.74, 6) is 0.879. The monoisotopic (exact) mass is 852 g/mol. The Balaban J connectivity index is 1.05. The van der Waals surface area contributed by atoms with Gasteiger partial charge in [-0.05, 0) is 76.8 Å². The van der Waals surface area contributed by atoms with Gasteiger partial charge in [-0.15, -0.1) is 0 Å². The number of alkyl carbamates (subject to hydrolysis) is 2. The summed E-state index contributed by atoms with van der Waals surface area (Å²) >= 11 is 0. The van der Waals surface area contributed by atoms with Gasteiger partial charge in [-0.25, -0.2) is 19.6 Å². The van der Waals surface area contributed by atoms with Gasteiger partial charge in [0, 0.05) is 18.7 Å². The molecule has 14 heteroatoms. The van der Waals surface area contributed by atoms with Gasteiger partial charge in [0.25, 0.3) is 5.91 Å². The number of benzene rings is 4. The third-order valence-corrected chi connectivity index (χ3v) is 11.8. The summed E-state index contributed by atoms with van der Waals surface area (Å²) in [6.45, 7) is 10.8. The second kappa shape index (κ2) is 19.4. The molecular weight excluding hydrogens is 797 g/mol. The normalized spacial score (nSPS) is 15.3. The number of fused-ring (bicyclic) bond motifs is 1. The summed E-state index contributed by atoms with van der Waals surface area (Å²) in [5, 5.41) is 7.60. The Morgan fingerprint density at radius 3 is 2.00 bits per heavy atom. The predicted octanol–water partition coefficient (Wildman–Crippen LogP) is 8.97. The second-order valence-corrected chi connectivity index (χ2v) is 16.6. The zero-order valence-corrected chi connectivity index (χ0v) is 36.8. The van der Waals surface area contributed by atoms with Crippen LogP contribution < -0.4 is 10.6 Å². The lowest BCUT2D eigenvalue weighted by Gasteiger charge is -2.36. The molecule has 0 bridgehead atoms. The first-order valence-corrected chi connectivity index (χ1v) is 21.5. The fraction of sp³-hybridized carbons (Fsp3) is 0.347. The number of imidazole rings is 2. The molecule has 3 heterocycles. The van der Waals surface area contributed by atoms with Gasteiger partial charge in [0.05, 0.1) is 50.1 Å². The fourth-order valence-corrected chi connectivity index (χ4v) is 8.50. The van der Waals surface area contributed by atoms with Gasteiger partial charge < -0.3 is 39.9 Å². The number of carbonyl (C=O) groups is 4. The molecule has 4 N–H and O–H groups in total. The molecule has 0 unspecified atom stereocenters. The van der Waals surface area contributed by atoms with Crippen LogP contribution in [0.15, 0.2) is 103 Å². The molecule has 1 aliphatic rings. The van der Waals surface area contributed by atoms with E-state index >= 15 is 0 Å². The lowest BCUT2D eigenvalue weighted by Crippen LogP contribution is -2.52. The molecule has 4 atom stereocenters. The van der Waals surface area contributed by atoms with Crippen molar-refractivity contribution in [2.45, 2.75) is 71.6 Å². The van der Waals surface area contributed by atoms with Crippen molar-refractivity contribution in [2.24, 2.45) is 11.8 Å². The standard InChI is InChI=1S/C49H56N8O6/c1-8-56(46(58)41(29(2)3)54-48(60)62-6)43(30(4)5)45-51-27-38(53-45)32-18-16-31(17-19-32)34-20-21-36-26-37(23-22-35(36)25-34)39-28-50-44(52-39)40-15-12-24-57(40)47(59)42(55-49(61)63-7)33-13-10-9-11-14-33/h9-11,13-14,16-23,25-30,40-43H,8,12,15,24H2,1-7H3,(H,50,52)(H,51,53)(H,54,60)(H,55,61)/t40-,41-,42+,43-/m0/s1. The number of nitrogens with one attached hydrogen (secondary N) is 4. The van der Waals surface area contributed by atoms with E-state index < -0.39 is 24.3 Å². The van der Waals surface area contributed by atoms with E-state index in [4.69, 9.17) is 19.4 Å². The van der Waals surface area contributed by atoms with Crippen molar-refractivity contribution in [1.29, 1.82) is 0 Å². The Bertz CT molecular complexity index is 2550. The molecule has 328 valence electrons. The van der Waals surface area contributed by atoms with Crippen molar-refractivity contribution >= 4 is 34.8 Å². The van der Waals surface area contributed by atoms with Crippen molar-refractivity contribution < 1.29 is 28.7 Å². The minimum absolute atomic E-state index is 0.0418. The number of methoxy groups -OCH3 is 2. The maximum Gasteiger partial charge on any atom is 0.407 e. The van der Waals surface area contributed by atoms with Gasteiger partial charge in [0.15, 0.2) is 0 Å². The zero-order valence-electron chi connectivity index (χ0n) is 36.8. The molecule has 6 aromatic rings. The minimum Gasteiger partial charge on any atom is -0.453 e. The van der Waals surface area contributed by atoms with Crippen LogP contribution in [-0.4, -0.2) is 87.1 Å². The number of aromatic amines is 2. The molecule has 0 radical (unpaired) electrons. The van der Waals surface area contributed by atoms with Crippen LogP contribution in [0.2, 0.25) is 0 Å². The Labute approximate surface area is 367 Å². The third kappa shape index (κ3) is 9.59. The predicted molar refractivity (Wildman–Crippen MR) is 242 cm³/mol. The quantitative estimate of drug-likeness (QED) is 0.0840. The Kier molecular flexibility index (Phi) is 13.6. The van der Waals surface area contributed by atoms with E-state index in [-0.39, 0.29) is 35.7 Å². The number of hydrogen-bond acceptors (Lipinski definition) is 8. The van der Waals surface area contributed by atoms with Crippen LogP contribution in [0.5, 0.6) is 0 Å². The van der Waals surface area contributed by atoms with Crippen molar-refractivity contribution in [3.63, 3.8) is 0 Å². The molecule has 1 fully saturated rings. The summed E-state index contributed by atoms with van der Waals surface area (Å²) in [6.07, 6.45) is 3.87. The van der Waals surface area contributed by atoms with Gasteiger partial charge in [-0.2, -0.15) is 0 Å².